The minimum absolute atomic E-state index is 0.0400. The Balaban J connectivity index is 2.01. The van der Waals surface area contributed by atoms with Crippen molar-refractivity contribution in [3.8, 4) is 0 Å². The van der Waals surface area contributed by atoms with E-state index < -0.39 is 16.0 Å². The summed E-state index contributed by atoms with van der Waals surface area (Å²) < 4.78 is 26.2. The predicted molar refractivity (Wildman–Crippen MR) is 119 cm³/mol. The summed E-state index contributed by atoms with van der Waals surface area (Å²) in [7, 11) is -3.50. The lowest BCUT2D eigenvalue weighted by Crippen LogP contribution is -2.24. The molecule has 0 aliphatic carbocycles. The van der Waals surface area contributed by atoms with E-state index in [1.165, 1.54) is 13.0 Å². The number of benzene rings is 3. The second-order valence-electron chi connectivity index (χ2n) is 6.87. The molecule has 0 saturated carbocycles. The number of sulfonamides is 1. The fraction of sp³-hybridized carbons (Fsp3) is 0.174. The highest BCUT2D eigenvalue weighted by Gasteiger charge is 2.19. The van der Waals surface area contributed by atoms with Gasteiger partial charge in [0, 0.05) is 18.8 Å². The standard InChI is InChI=1S/C23H24N2O4S/c1-2-30(28,29)24-20-13-14-22(21(15-20)23(26)27)25(16-18-9-5-3-6-10-18)17-19-11-7-4-8-12-19/h3-15,24H,2,16-17H2,1H3,(H,26,27). The molecule has 0 aliphatic rings. The molecule has 0 bridgehead atoms. The maximum atomic E-state index is 12.0. The molecule has 0 unspecified atom stereocenters. The first-order valence-electron chi connectivity index (χ1n) is 9.58. The normalized spacial score (nSPS) is 11.1. The molecule has 2 N–H and O–H groups in total. The van der Waals surface area contributed by atoms with E-state index in [0.29, 0.717) is 18.8 Å². The van der Waals surface area contributed by atoms with E-state index in [0.717, 1.165) is 11.1 Å². The van der Waals surface area contributed by atoms with Gasteiger partial charge in [0.25, 0.3) is 0 Å². The van der Waals surface area contributed by atoms with Gasteiger partial charge < -0.3 is 10.0 Å². The molecule has 30 heavy (non-hydrogen) atoms. The van der Waals surface area contributed by atoms with E-state index >= 15 is 0 Å². The Morgan fingerprint density at radius 2 is 1.43 bits per heavy atom. The maximum Gasteiger partial charge on any atom is 0.337 e. The number of hydrogen-bond donors (Lipinski definition) is 2. The van der Waals surface area contributed by atoms with Crippen molar-refractivity contribution in [1.29, 1.82) is 0 Å². The average Bonchev–Trinajstić information content (AvgIpc) is 2.74. The molecule has 0 fully saturated rings. The Hall–Kier alpha value is -3.32. The minimum Gasteiger partial charge on any atom is -0.478 e. The summed E-state index contributed by atoms with van der Waals surface area (Å²) in [5.74, 6) is -1.21. The van der Waals surface area contributed by atoms with Gasteiger partial charge in [-0.2, -0.15) is 0 Å². The largest absolute Gasteiger partial charge is 0.478 e. The van der Waals surface area contributed by atoms with E-state index in [1.54, 1.807) is 12.1 Å². The van der Waals surface area contributed by atoms with Crippen LogP contribution in [0.15, 0.2) is 78.9 Å². The van der Waals surface area contributed by atoms with Gasteiger partial charge in [-0.1, -0.05) is 60.7 Å². The smallest absolute Gasteiger partial charge is 0.337 e. The molecule has 0 spiro atoms. The number of anilines is 2. The highest BCUT2D eigenvalue weighted by molar-refractivity contribution is 7.92. The molecular formula is C23H24N2O4S. The molecule has 0 aliphatic heterocycles. The van der Waals surface area contributed by atoms with Crippen LogP contribution in [-0.4, -0.2) is 25.2 Å². The van der Waals surface area contributed by atoms with Crippen LogP contribution in [-0.2, 0) is 23.1 Å². The zero-order chi connectivity index (χ0) is 21.6. The molecule has 0 radical (unpaired) electrons. The summed E-state index contributed by atoms with van der Waals surface area (Å²) in [6.07, 6.45) is 0. The monoisotopic (exact) mass is 424 g/mol. The van der Waals surface area contributed by atoms with E-state index in [4.69, 9.17) is 0 Å². The maximum absolute atomic E-state index is 12.0. The van der Waals surface area contributed by atoms with Gasteiger partial charge in [0.1, 0.15) is 0 Å². The summed E-state index contributed by atoms with van der Waals surface area (Å²) in [4.78, 5) is 14.0. The summed E-state index contributed by atoms with van der Waals surface area (Å²) in [5, 5.41) is 9.82. The van der Waals surface area contributed by atoms with Gasteiger partial charge in [0.05, 0.1) is 17.0 Å². The Morgan fingerprint density at radius 1 is 0.900 bits per heavy atom. The Kier molecular flexibility index (Phi) is 6.74. The molecule has 0 aromatic heterocycles. The van der Waals surface area contributed by atoms with Gasteiger partial charge in [-0.25, -0.2) is 13.2 Å². The van der Waals surface area contributed by atoms with Gasteiger partial charge in [0.2, 0.25) is 10.0 Å². The van der Waals surface area contributed by atoms with Crippen molar-refractivity contribution in [2.75, 3.05) is 15.4 Å². The zero-order valence-corrected chi connectivity index (χ0v) is 17.5. The van der Waals surface area contributed by atoms with Crippen LogP contribution in [0.25, 0.3) is 0 Å². The molecule has 0 heterocycles. The van der Waals surface area contributed by atoms with Crippen LogP contribution in [0.3, 0.4) is 0 Å². The van der Waals surface area contributed by atoms with Gasteiger partial charge in [-0.15, -0.1) is 0 Å². The topological polar surface area (TPSA) is 86.7 Å². The van der Waals surface area contributed by atoms with E-state index in [2.05, 4.69) is 4.72 Å². The van der Waals surface area contributed by atoms with Crippen molar-refractivity contribution in [2.24, 2.45) is 0 Å². The van der Waals surface area contributed by atoms with E-state index in [-0.39, 0.29) is 17.0 Å². The lowest BCUT2D eigenvalue weighted by atomic mass is 10.1. The molecule has 3 aromatic carbocycles. The van der Waals surface area contributed by atoms with Gasteiger partial charge >= 0.3 is 5.97 Å². The third kappa shape index (κ3) is 5.61. The second-order valence-corrected chi connectivity index (χ2v) is 8.88. The molecule has 6 nitrogen and oxygen atoms in total. The van der Waals surface area contributed by atoms with Crippen LogP contribution in [0, 0.1) is 0 Å². The summed E-state index contributed by atoms with van der Waals surface area (Å²) in [6, 6.07) is 24.2. The van der Waals surface area contributed by atoms with Crippen molar-refractivity contribution in [3.05, 3.63) is 95.6 Å². The van der Waals surface area contributed by atoms with Crippen molar-refractivity contribution < 1.29 is 18.3 Å². The van der Waals surface area contributed by atoms with Crippen LogP contribution >= 0.6 is 0 Å². The Labute approximate surface area is 176 Å². The highest BCUT2D eigenvalue weighted by Crippen LogP contribution is 2.28. The van der Waals surface area contributed by atoms with Gasteiger partial charge in [-0.3, -0.25) is 4.72 Å². The van der Waals surface area contributed by atoms with Crippen molar-refractivity contribution >= 4 is 27.4 Å². The van der Waals surface area contributed by atoms with Crippen LogP contribution in [0.2, 0.25) is 0 Å². The van der Waals surface area contributed by atoms with Crippen LogP contribution in [0.1, 0.15) is 28.4 Å². The molecule has 3 rings (SSSR count). The molecule has 0 saturated heterocycles. The molecular weight excluding hydrogens is 400 g/mol. The third-order valence-electron chi connectivity index (χ3n) is 4.65. The SMILES string of the molecule is CCS(=O)(=O)Nc1ccc(N(Cc2ccccc2)Cc2ccccc2)c(C(=O)O)c1. The van der Waals surface area contributed by atoms with E-state index in [1.807, 2.05) is 65.6 Å². The fourth-order valence-electron chi connectivity index (χ4n) is 3.13. The fourth-order valence-corrected chi connectivity index (χ4v) is 3.76. The van der Waals surface area contributed by atoms with Crippen molar-refractivity contribution in [2.45, 2.75) is 20.0 Å². The van der Waals surface area contributed by atoms with Gasteiger partial charge in [0.15, 0.2) is 0 Å². The lowest BCUT2D eigenvalue weighted by Gasteiger charge is -2.27. The van der Waals surface area contributed by atoms with Crippen molar-refractivity contribution in [1.82, 2.24) is 0 Å². The molecule has 7 heteroatoms. The number of nitrogens with one attached hydrogen (secondary N) is 1. The number of carboxylic acids is 1. The van der Waals surface area contributed by atoms with E-state index in [9.17, 15) is 18.3 Å². The number of hydrogen-bond acceptors (Lipinski definition) is 4. The number of aromatic carboxylic acids is 1. The summed E-state index contributed by atoms with van der Waals surface area (Å²) >= 11 is 0. The number of carbonyl (C=O) groups is 1. The highest BCUT2D eigenvalue weighted by atomic mass is 32.2. The van der Waals surface area contributed by atoms with Crippen molar-refractivity contribution in [3.63, 3.8) is 0 Å². The minimum atomic E-state index is -3.50. The number of carboxylic acid groups (broad SMARTS) is 1. The summed E-state index contributed by atoms with van der Waals surface area (Å²) in [5.41, 5.74) is 2.88. The Morgan fingerprint density at radius 3 is 1.90 bits per heavy atom. The van der Waals surface area contributed by atoms with Crippen LogP contribution in [0.5, 0.6) is 0 Å². The molecule has 156 valence electrons. The molecule has 0 amide bonds. The third-order valence-corrected chi connectivity index (χ3v) is 5.96. The summed E-state index contributed by atoms with van der Waals surface area (Å²) in [6.45, 7) is 2.54. The zero-order valence-electron chi connectivity index (χ0n) is 16.7. The first kappa shape index (κ1) is 21.4. The second kappa shape index (κ2) is 9.45. The first-order chi connectivity index (χ1) is 14.4. The van der Waals surface area contributed by atoms with Crippen LogP contribution < -0.4 is 9.62 Å². The quantitative estimate of drug-likeness (QED) is 0.533. The first-order valence-corrected chi connectivity index (χ1v) is 11.2. The van der Waals surface area contributed by atoms with Gasteiger partial charge in [-0.05, 0) is 36.2 Å². The lowest BCUT2D eigenvalue weighted by molar-refractivity contribution is 0.0697. The Bertz CT molecular complexity index is 1060. The molecule has 3 aromatic rings. The number of rotatable bonds is 9. The molecule has 0 atom stereocenters. The van der Waals surface area contributed by atoms with Crippen LogP contribution in [0.4, 0.5) is 11.4 Å². The predicted octanol–water partition coefficient (Wildman–Crippen LogP) is 4.35. The average molecular weight is 425 g/mol. The number of nitrogens with zero attached hydrogens (tertiary/aromatic N) is 1.